The van der Waals surface area contributed by atoms with E-state index < -0.39 is 0 Å². The molecule has 1 aromatic heterocycles. The molecule has 0 spiro atoms. The first-order chi connectivity index (χ1) is 10.0. The summed E-state index contributed by atoms with van der Waals surface area (Å²) in [7, 11) is 0. The molecule has 0 radical (unpaired) electrons. The second-order valence-electron chi connectivity index (χ2n) is 4.28. The van der Waals surface area contributed by atoms with E-state index in [-0.39, 0.29) is 0 Å². The smallest absolute Gasteiger partial charge is 0.187 e. The van der Waals surface area contributed by atoms with Gasteiger partial charge in [-0.1, -0.05) is 39.1 Å². The van der Waals surface area contributed by atoms with Gasteiger partial charge in [-0.3, -0.25) is 0 Å². The Labute approximate surface area is 138 Å². The molecule has 0 atom stereocenters. The normalized spacial score (nSPS) is 10.8. The van der Waals surface area contributed by atoms with Crippen LogP contribution in [0.5, 0.6) is 0 Å². The summed E-state index contributed by atoms with van der Waals surface area (Å²) in [5, 5.41) is 12.7. The van der Waals surface area contributed by atoms with Crippen LogP contribution in [-0.4, -0.2) is 20.2 Å². The lowest BCUT2D eigenvalue weighted by molar-refractivity contribution is 0.791. The molecule has 3 rings (SSSR count). The monoisotopic (exact) mass is 383 g/mol. The van der Waals surface area contributed by atoms with Crippen LogP contribution >= 0.6 is 39.1 Å². The van der Waals surface area contributed by atoms with Crippen molar-refractivity contribution in [2.24, 2.45) is 0 Å². The number of benzene rings is 2. The molecule has 0 aliphatic rings. The minimum atomic E-state index is 0.457. The number of nitrogen functional groups attached to an aromatic ring is 1. The van der Waals surface area contributed by atoms with E-state index in [0.29, 0.717) is 27.2 Å². The number of rotatable bonds is 2. The molecule has 106 valence electrons. The molecule has 2 N–H and O–H groups in total. The van der Waals surface area contributed by atoms with E-state index in [2.05, 4.69) is 31.5 Å². The average molecular weight is 385 g/mol. The number of hydrogen-bond acceptors (Lipinski definition) is 4. The van der Waals surface area contributed by atoms with Crippen molar-refractivity contribution < 1.29 is 0 Å². The Morgan fingerprint density at radius 1 is 1.10 bits per heavy atom. The Morgan fingerprint density at radius 3 is 2.62 bits per heavy atom. The number of nitrogens with zero attached hydrogens (tertiary/aromatic N) is 4. The quantitative estimate of drug-likeness (QED) is 0.678. The number of anilines is 1. The van der Waals surface area contributed by atoms with Crippen molar-refractivity contribution in [3.63, 3.8) is 0 Å². The molecule has 0 unspecified atom stereocenters. The van der Waals surface area contributed by atoms with Crippen LogP contribution in [-0.2, 0) is 0 Å². The van der Waals surface area contributed by atoms with Crippen LogP contribution in [0.2, 0.25) is 10.0 Å². The Balaban J connectivity index is 2.17. The van der Waals surface area contributed by atoms with Crippen molar-refractivity contribution in [1.82, 2.24) is 20.2 Å². The summed E-state index contributed by atoms with van der Waals surface area (Å²) in [5.41, 5.74) is 7.87. The molecule has 3 aromatic rings. The second-order valence-corrected chi connectivity index (χ2v) is 6.04. The molecule has 0 saturated heterocycles. The van der Waals surface area contributed by atoms with Crippen LogP contribution in [0.1, 0.15) is 0 Å². The summed E-state index contributed by atoms with van der Waals surface area (Å²) in [6.07, 6.45) is 0. The highest BCUT2D eigenvalue weighted by molar-refractivity contribution is 9.10. The van der Waals surface area contributed by atoms with Crippen molar-refractivity contribution in [2.75, 3.05) is 5.73 Å². The van der Waals surface area contributed by atoms with Crippen molar-refractivity contribution in [1.29, 1.82) is 0 Å². The van der Waals surface area contributed by atoms with Gasteiger partial charge in [-0.05, 0) is 46.8 Å². The Bertz CT molecular complexity index is 798. The first kappa shape index (κ1) is 14.3. The third-order valence-electron chi connectivity index (χ3n) is 2.79. The van der Waals surface area contributed by atoms with Gasteiger partial charge in [0.2, 0.25) is 0 Å². The molecule has 1 heterocycles. The summed E-state index contributed by atoms with van der Waals surface area (Å²) in [4.78, 5) is 0. The van der Waals surface area contributed by atoms with E-state index in [1.54, 1.807) is 35.0 Å². The topological polar surface area (TPSA) is 69.6 Å². The molecule has 0 aliphatic heterocycles. The molecule has 0 saturated carbocycles. The maximum atomic E-state index is 6.21. The van der Waals surface area contributed by atoms with Crippen molar-refractivity contribution in [2.45, 2.75) is 0 Å². The third kappa shape index (κ3) is 2.88. The molecular weight excluding hydrogens is 377 g/mol. The van der Waals surface area contributed by atoms with Crippen LogP contribution in [0.25, 0.3) is 17.1 Å². The number of aromatic nitrogens is 4. The number of nitrogens with two attached hydrogens (primary N) is 1. The van der Waals surface area contributed by atoms with Gasteiger partial charge in [0, 0.05) is 20.7 Å². The van der Waals surface area contributed by atoms with Gasteiger partial charge >= 0.3 is 0 Å². The van der Waals surface area contributed by atoms with E-state index in [1.165, 1.54) is 0 Å². The van der Waals surface area contributed by atoms with Crippen molar-refractivity contribution in [3.8, 4) is 17.1 Å². The third-order valence-corrected chi connectivity index (χ3v) is 3.78. The van der Waals surface area contributed by atoms with E-state index in [1.807, 2.05) is 6.07 Å². The van der Waals surface area contributed by atoms with Gasteiger partial charge in [-0.25, -0.2) is 0 Å². The molecule has 0 amide bonds. The van der Waals surface area contributed by atoms with Gasteiger partial charge in [0.15, 0.2) is 5.82 Å². The SMILES string of the molecule is Nc1cc(Br)cc(-c2nnnn2-c2ccc(Cl)cc2Cl)c1. The first-order valence-corrected chi connectivity index (χ1v) is 7.40. The lowest BCUT2D eigenvalue weighted by Gasteiger charge is -2.08. The lowest BCUT2D eigenvalue weighted by atomic mass is 10.2. The predicted octanol–water partition coefficient (Wildman–Crippen LogP) is 3.98. The van der Waals surface area contributed by atoms with E-state index in [4.69, 9.17) is 28.9 Å². The molecule has 0 bridgehead atoms. The summed E-state index contributed by atoms with van der Waals surface area (Å²) >= 11 is 15.5. The van der Waals surface area contributed by atoms with E-state index >= 15 is 0 Å². The van der Waals surface area contributed by atoms with E-state index in [0.717, 1.165) is 10.0 Å². The average Bonchev–Trinajstić information content (AvgIpc) is 2.86. The fraction of sp³-hybridized carbons (Fsp3) is 0. The molecule has 2 aromatic carbocycles. The minimum absolute atomic E-state index is 0.457. The van der Waals surface area contributed by atoms with Crippen LogP contribution in [0.15, 0.2) is 40.9 Å². The highest BCUT2D eigenvalue weighted by atomic mass is 79.9. The van der Waals surface area contributed by atoms with Crippen molar-refractivity contribution >= 4 is 44.8 Å². The van der Waals surface area contributed by atoms with E-state index in [9.17, 15) is 0 Å². The standard InChI is InChI=1S/C13H8BrCl2N5/c14-8-3-7(4-10(17)5-8)13-18-19-20-21(13)12-2-1-9(15)6-11(12)16/h1-6H,17H2. The van der Waals surface area contributed by atoms with Gasteiger partial charge in [0.1, 0.15) is 0 Å². The Hall–Kier alpha value is -1.63. The highest BCUT2D eigenvalue weighted by Gasteiger charge is 2.14. The zero-order valence-electron chi connectivity index (χ0n) is 10.5. The van der Waals surface area contributed by atoms with Crippen LogP contribution in [0, 0.1) is 0 Å². The first-order valence-electron chi connectivity index (χ1n) is 5.85. The fourth-order valence-corrected chi connectivity index (χ4v) is 2.92. The van der Waals surface area contributed by atoms with Crippen LogP contribution in [0.4, 0.5) is 5.69 Å². The maximum absolute atomic E-state index is 6.21. The molecular formula is C13H8BrCl2N5. The molecule has 8 heteroatoms. The van der Waals surface area contributed by atoms with Gasteiger partial charge in [-0.15, -0.1) is 5.10 Å². The molecule has 0 fully saturated rings. The minimum Gasteiger partial charge on any atom is -0.399 e. The predicted molar refractivity (Wildman–Crippen MR) is 86.7 cm³/mol. The zero-order chi connectivity index (χ0) is 15.0. The summed E-state index contributed by atoms with van der Waals surface area (Å²) < 4.78 is 2.38. The summed E-state index contributed by atoms with van der Waals surface area (Å²) in [6.45, 7) is 0. The second kappa shape index (κ2) is 5.63. The van der Waals surface area contributed by atoms with Gasteiger partial charge < -0.3 is 5.73 Å². The highest BCUT2D eigenvalue weighted by Crippen LogP contribution is 2.29. The number of hydrogen-bond donors (Lipinski definition) is 1. The maximum Gasteiger partial charge on any atom is 0.187 e. The molecule has 5 nitrogen and oxygen atoms in total. The van der Waals surface area contributed by atoms with Crippen LogP contribution < -0.4 is 5.73 Å². The molecule has 21 heavy (non-hydrogen) atoms. The molecule has 0 aliphatic carbocycles. The summed E-state index contributed by atoms with van der Waals surface area (Å²) in [5.74, 6) is 0.534. The number of halogens is 3. The lowest BCUT2D eigenvalue weighted by Crippen LogP contribution is -2.01. The van der Waals surface area contributed by atoms with Crippen LogP contribution in [0.3, 0.4) is 0 Å². The number of tetrazole rings is 1. The van der Waals surface area contributed by atoms with Gasteiger partial charge in [-0.2, -0.15) is 4.68 Å². The van der Waals surface area contributed by atoms with Crippen molar-refractivity contribution in [3.05, 3.63) is 50.9 Å². The van der Waals surface area contributed by atoms with Gasteiger partial charge in [0.05, 0.1) is 10.7 Å². The summed E-state index contributed by atoms with van der Waals surface area (Å²) in [6, 6.07) is 10.6. The fourth-order valence-electron chi connectivity index (χ4n) is 1.92. The Morgan fingerprint density at radius 2 is 1.90 bits per heavy atom. The Kier molecular flexibility index (Phi) is 3.84. The van der Waals surface area contributed by atoms with Gasteiger partial charge in [0.25, 0.3) is 0 Å². The zero-order valence-corrected chi connectivity index (χ0v) is 13.6. The largest absolute Gasteiger partial charge is 0.399 e.